The molecule has 0 saturated heterocycles. The van der Waals surface area contributed by atoms with Crippen LogP contribution in [0.3, 0.4) is 0 Å². The Labute approximate surface area is 108 Å². The molecule has 0 radical (unpaired) electrons. The number of ether oxygens (including phenoxy) is 2. The van der Waals surface area contributed by atoms with Crippen molar-refractivity contribution in [3.05, 3.63) is 0 Å². The molecule has 0 aliphatic carbocycles. The lowest BCUT2D eigenvalue weighted by molar-refractivity contribution is -0.124. The maximum atomic E-state index is 11.2. The third-order valence-electron chi connectivity index (χ3n) is 2.35. The van der Waals surface area contributed by atoms with Crippen molar-refractivity contribution in [2.75, 3.05) is 54.6 Å². The maximum Gasteiger partial charge on any atom is 0.246 e. The van der Waals surface area contributed by atoms with Gasteiger partial charge in [-0.15, -0.1) is 0 Å². The first kappa shape index (κ1) is 16.8. The van der Waals surface area contributed by atoms with E-state index >= 15 is 0 Å². The van der Waals surface area contributed by atoms with E-state index in [4.69, 9.17) is 9.47 Å². The lowest BCUT2D eigenvalue weighted by atomic mass is 10.2. The number of nitrogens with zero attached hydrogens (tertiary/aromatic N) is 1. The third kappa shape index (κ3) is 7.99. The summed E-state index contributed by atoms with van der Waals surface area (Å²) in [6.45, 7) is 0.970. The molecule has 0 aromatic carbocycles. The fourth-order valence-electron chi connectivity index (χ4n) is 1.26. The molecule has 0 aliphatic rings. The van der Waals surface area contributed by atoms with Gasteiger partial charge in [-0.2, -0.15) is 0 Å². The molecule has 7 heteroatoms. The molecule has 2 amide bonds. The Morgan fingerprint density at radius 2 is 1.39 bits per heavy atom. The van der Waals surface area contributed by atoms with Crippen LogP contribution in [0.15, 0.2) is 0 Å². The number of amides is 2. The first-order chi connectivity index (χ1) is 8.51. The van der Waals surface area contributed by atoms with E-state index in [0.29, 0.717) is 13.1 Å². The average Bonchev–Trinajstić information content (AvgIpc) is 2.29. The van der Waals surface area contributed by atoms with Crippen LogP contribution < -0.4 is 10.6 Å². The van der Waals surface area contributed by atoms with Crippen LogP contribution in [0, 0.1) is 0 Å². The maximum absolute atomic E-state index is 11.2. The summed E-state index contributed by atoms with van der Waals surface area (Å²) in [7, 11) is 6.70. The van der Waals surface area contributed by atoms with Gasteiger partial charge in [0.15, 0.2) is 0 Å². The van der Waals surface area contributed by atoms with Crippen LogP contribution in [-0.4, -0.2) is 77.4 Å². The zero-order valence-electron chi connectivity index (χ0n) is 11.5. The first-order valence-corrected chi connectivity index (χ1v) is 5.69. The summed E-state index contributed by atoms with van der Waals surface area (Å²) in [6, 6.07) is 0.0200. The molecular formula is C11H23N3O4. The first-order valence-electron chi connectivity index (χ1n) is 5.69. The molecule has 0 aliphatic heterocycles. The summed E-state index contributed by atoms with van der Waals surface area (Å²) in [5.41, 5.74) is 0. The van der Waals surface area contributed by atoms with Gasteiger partial charge in [-0.3, -0.25) is 9.59 Å². The molecule has 0 heterocycles. The minimum Gasteiger partial charge on any atom is -0.375 e. The summed E-state index contributed by atoms with van der Waals surface area (Å²) in [6.07, 6.45) is 0. The molecule has 0 rings (SSSR count). The second kappa shape index (κ2) is 9.81. The number of hydrogen-bond acceptors (Lipinski definition) is 5. The molecule has 0 unspecified atom stereocenters. The summed E-state index contributed by atoms with van der Waals surface area (Å²) in [5, 5.41) is 5.47. The molecule has 0 bridgehead atoms. The van der Waals surface area contributed by atoms with Crippen molar-refractivity contribution in [2.45, 2.75) is 6.04 Å². The molecule has 0 aromatic heterocycles. The van der Waals surface area contributed by atoms with Crippen LogP contribution in [0.25, 0.3) is 0 Å². The van der Waals surface area contributed by atoms with Gasteiger partial charge < -0.3 is 25.0 Å². The van der Waals surface area contributed by atoms with Gasteiger partial charge in [0.05, 0.1) is 0 Å². The molecule has 0 spiro atoms. The van der Waals surface area contributed by atoms with E-state index in [2.05, 4.69) is 10.6 Å². The highest BCUT2D eigenvalue weighted by atomic mass is 16.5. The number of likely N-dealkylation sites (N-methyl/N-ethyl adjacent to an activating group) is 1. The van der Waals surface area contributed by atoms with E-state index in [1.807, 2.05) is 19.0 Å². The van der Waals surface area contributed by atoms with Gasteiger partial charge in [0.1, 0.15) is 13.2 Å². The zero-order valence-corrected chi connectivity index (χ0v) is 11.5. The summed E-state index contributed by atoms with van der Waals surface area (Å²) in [4.78, 5) is 24.4. The van der Waals surface area contributed by atoms with Crippen LogP contribution in [0.4, 0.5) is 0 Å². The number of carbonyl (C=O) groups is 2. The fourth-order valence-corrected chi connectivity index (χ4v) is 1.26. The molecule has 0 atom stereocenters. The number of hydrogen-bond donors (Lipinski definition) is 2. The predicted molar refractivity (Wildman–Crippen MR) is 67.2 cm³/mol. The van der Waals surface area contributed by atoms with Crippen molar-refractivity contribution >= 4 is 11.8 Å². The van der Waals surface area contributed by atoms with E-state index in [1.54, 1.807) is 0 Å². The minimum atomic E-state index is -0.174. The van der Waals surface area contributed by atoms with E-state index in [9.17, 15) is 9.59 Å². The van der Waals surface area contributed by atoms with Gasteiger partial charge in [0, 0.05) is 33.4 Å². The molecule has 106 valence electrons. The van der Waals surface area contributed by atoms with E-state index < -0.39 is 0 Å². The SMILES string of the molecule is COCC(=O)NCC(CNC(=O)COC)N(C)C. The van der Waals surface area contributed by atoms with Gasteiger partial charge in [-0.25, -0.2) is 0 Å². The highest BCUT2D eigenvalue weighted by Crippen LogP contribution is 1.90. The van der Waals surface area contributed by atoms with Gasteiger partial charge in [0.2, 0.25) is 11.8 Å². The smallest absolute Gasteiger partial charge is 0.246 e. The number of carbonyl (C=O) groups excluding carboxylic acids is 2. The Morgan fingerprint density at radius 1 is 1.00 bits per heavy atom. The monoisotopic (exact) mass is 261 g/mol. The highest BCUT2D eigenvalue weighted by molar-refractivity contribution is 5.77. The Balaban J connectivity index is 3.99. The topological polar surface area (TPSA) is 79.9 Å². The quantitative estimate of drug-likeness (QED) is 0.525. The molecule has 0 fully saturated rings. The van der Waals surface area contributed by atoms with E-state index in [1.165, 1.54) is 14.2 Å². The lowest BCUT2D eigenvalue weighted by Gasteiger charge is -2.24. The van der Waals surface area contributed by atoms with Gasteiger partial charge in [-0.05, 0) is 14.1 Å². The van der Waals surface area contributed by atoms with Crippen molar-refractivity contribution < 1.29 is 19.1 Å². The summed E-state index contributed by atoms with van der Waals surface area (Å²) in [5.74, 6) is -0.347. The third-order valence-corrected chi connectivity index (χ3v) is 2.35. The van der Waals surface area contributed by atoms with Crippen LogP contribution in [-0.2, 0) is 19.1 Å². The highest BCUT2D eigenvalue weighted by Gasteiger charge is 2.13. The van der Waals surface area contributed by atoms with Crippen molar-refractivity contribution in [1.82, 2.24) is 15.5 Å². The van der Waals surface area contributed by atoms with Crippen molar-refractivity contribution in [3.63, 3.8) is 0 Å². The molecule has 18 heavy (non-hydrogen) atoms. The van der Waals surface area contributed by atoms with E-state index in [-0.39, 0.29) is 31.1 Å². The zero-order chi connectivity index (χ0) is 14.0. The second-order valence-electron chi connectivity index (χ2n) is 4.09. The number of methoxy groups -OCH3 is 2. The average molecular weight is 261 g/mol. The van der Waals surface area contributed by atoms with Gasteiger partial charge >= 0.3 is 0 Å². The molecule has 0 aromatic rings. The second-order valence-corrected chi connectivity index (χ2v) is 4.09. The Bertz CT molecular complexity index is 237. The largest absolute Gasteiger partial charge is 0.375 e. The minimum absolute atomic E-state index is 0.0200. The normalized spacial score (nSPS) is 10.8. The van der Waals surface area contributed by atoms with Crippen LogP contribution in [0.1, 0.15) is 0 Å². The Kier molecular flexibility index (Phi) is 9.17. The van der Waals surface area contributed by atoms with E-state index in [0.717, 1.165) is 0 Å². The van der Waals surface area contributed by atoms with Crippen LogP contribution in [0.2, 0.25) is 0 Å². The standard InChI is InChI=1S/C11H23N3O4/c1-14(2)9(5-12-10(15)7-17-3)6-13-11(16)8-18-4/h9H,5-8H2,1-4H3,(H,12,15)(H,13,16). The number of nitrogens with one attached hydrogen (secondary N) is 2. The van der Waals surface area contributed by atoms with Crippen molar-refractivity contribution in [1.29, 1.82) is 0 Å². The van der Waals surface area contributed by atoms with Crippen molar-refractivity contribution in [3.8, 4) is 0 Å². The molecular weight excluding hydrogens is 238 g/mol. The van der Waals surface area contributed by atoms with Crippen LogP contribution >= 0.6 is 0 Å². The molecule has 7 nitrogen and oxygen atoms in total. The predicted octanol–water partition coefficient (Wildman–Crippen LogP) is -1.56. The van der Waals surface area contributed by atoms with Crippen LogP contribution in [0.5, 0.6) is 0 Å². The Morgan fingerprint density at radius 3 is 1.67 bits per heavy atom. The summed E-state index contributed by atoms with van der Waals surface area (Å²) >= 11 is 0. The lowest BCUT2D eigenvalue weighted by Crippen LogP contribution is -2.48. The van der Waals surface area contributed by atoms with Gasteiger partial charge in [-0.1, -0.05) is 0 Å². The molecule has 0 saturated carbocycles. The molecule has 2 N–H and O–H groups in total. The van der Waals surface area contributed by atoms with Crippen molar-refractivity contribution in [2.24, 2.45) is 0 Å². The summed E-state index contributed by atoms with van der Waals surface area (Å²) < 4.78 is 9.43. The Hall–Kier alpha value is -1.18. The fraction of sp³-hybridized carbons (Fsp3) is 0.818. The number of rotatable bonds is 9. The van der Waals surface area contributed by atoms with Gasteiger partial charge in [0.25, 0.3) is 0 Å².